The van der Waals surface area contributed by atoms with Gasteiger partial charge >= 0.3 is 5.97 Å². The predicted octanol–water partition coefficient (Wildman–Crippen LogP) is 4.72. The molecule has 3 N–H and O–H groups in total. The number of hydrogen-bond acceptors (Lipinski definition) is 4. The van der Waals surface area contributed by atoms with Crippen molar-refractivity contribution < 1.29 is 29.2 Å². The molecular formula is C26H29FO5. The number of rotatable bonds is 9. The van der Waals surface area contributed by atoms with Gasteiger partial charge in [-0.15, -0.1) is 0 Å². The van der Waals surface area contributed by atoms with Crippen LogP contribution >= 0.6 is 0 Å². The molecule has 0 amide bonds. The Morgan fingerprint density at radius 2 is 1.75 bits per heavy atom. The number of hydrogen-bond donors (Lipinski definition) is 3. The van der Waals surface area contributed by atoms with Crippen molar-refractivity contribution in [1.82, 2.24) is 0 Å². The summed E-state index contributed by atoms with van der Waals surface area (Å²) in [6.07, 6.45) is 1.97. The van der Waals surface area contributed by atoms with Gasteiger partial charge in [0.1, 0.15) is 17.2 Å². The second-order valence-corrected chi connectivity index (χ2v) is 8.01. The summed E-state index contributed by atoms with van der Waals surface area (Å²) in [5.74, 6) is -0.708. The lowest BCUT2D eigenvalue weighted by atomic mass is 9.77. The van der Waals surface area contributed by atoms with Crippen molar-refractivity contribution >= 4 is 11.5 Å². The van der Waals surface area contributed by atoms with E-state index in [0.717, 1.165) is 28.0 Å². The fourth-order valence-corrected chi connectivity index (χ4v) is 4.19. The highest BCUT2D eigenvalue weighted by atomic mass is 19.1. The number of carbonyl (C=O) groups is 1. The molecule has 0 radical (unpaired) electrons. The second kappa shape index (κ2) is 10.1. The van der Waals surface area contributed by atoms with Crippen LogP contribution in [0.5, 0.6) is 5.75 Å². The van der Waals surface area contributed by atoms with E-state index in [2.05, 4.69) is 0 Å². The zero-order valence-electron chi connectivity index (χ0n) is 18.3. The highest BCUT2D eigenvalue weighted by molar-refractivity contribution is 5.88. The molecule has 2 aromatic rings. The van der Waals surface area contributed by atoms with Crippen LogP contribution in [0.2, 0.25) is 0 Å². The molecule has 170 valence electrons. The lowest BCUT2D eigenvalue weighted by Crippen LogP contribution is -2.39. The summed E-state index contributed by atoms with van der Waals surface area (Å²) >= 11 is 0. The summed E-state index contributed by atoms with van der Waals surface area (Å²) in [4.78, 5) is 10.8. The Bertz CT molecular complexity index is 1010. The summed E-state index contributed by atoms with van der Waals surface area (Å²) in [5.41, 5.74) is 2.78. The normalized spacial score (nSPS) is 17.0. The minimum atomic E-state index is -1.15. The van der Waals surface area contributed by atoms with Gasteiger partial charge in [-0.2, -0.15) is 0 Å². The van der Waals surface area contributed by atoms with Crippen LogP contribution in [0.4, 0.5) is 4.39 Å². The second-order valence-electron chi connectivity index (χ2n) is 8.01. The number of fused-ring (bicyclic) bond motifs is 1. The first-order chi connectivity index (χ1) is 15.3. The fraction of sp³-hybridized carbons (Fsp3) is 0.346. The van der Waals surface area contributed by atoms with Gasteiger partial charge in [0.25, 0.3) is 0 Å². The molecule has 1 unspecified atom stereocenters. The van der Waals surface area contributed by atoms with Crippen LogP contribution in [-0.2, 0) is 4.79 Å². The predicted molar refractivity (Wildman–Crippen MR) is 121 cm³/mol. The van der Waals surface area contributed by atoms with Crippen molar-refractivity contribution in [3.63, 3.8) is 0 Å². The van der Waals surface area contributed by atoms with Gasteiger partial charge in [0.2, 0.25) is 0 Å². The molecule has 6 heteroatoms. The van der Waals surface area contributed by atoms with Gasteiger partial charge in [-0.3, -0.25) is 4.79 Å². The van der Waals surface area contributed by atoms with Crippen LogP contribution in [0.1, 0.15) is 50.7 Å². The Kier molecular flexibility index (Phi) is 7.48. The molecule has 2 aromatic carbocycles. The van der Waals surface area contributed by atoms with Crippen LogP contribution in [0.25, 0.3) is 5.57 Å². The topological polar surface area (TPSA) is 87.0 Å². The molecular weight excluding hydrogens is 411 g/mol. The smallest absolute Gasteiger partial charge is 0.305 e. The summed E-state index contributed by atoms with van der Waals surface area (Å²) in [5, 5.41) is 29.1. The minimum Gasteiger partial charge on any atom is -0.482 e. The summed E-state index contributed by atoms with van der Waals surface area (Å²) < 4.78 is 20.1. The zero-order chi connectivity index (χ0) is 23.3. The van der Waals surface area contributed by atoms with Crippen molar-refractivity contribution in [1.29, 1.82) is 0 Å². The Hall–Kier alpha value is -2.96. The molecule has 0 aromatic heterocycles. The summed E-state index contributed by atoms with van der Waals surface area (Å²) in [7, 11) is 0. The van der Waals surface area contributed by atoms with Crippen molar-refractivity contribution in [3.8, 4) is 5.75 Å². The van der Waals surface area contributed by atoms with Crippen LogP contribution in [0.15, 0.2) is 66.3 Å². The monoisotopic (exact) mass is 440 g/mol. The van der Waals surface area contributed by atoms with Crippen LogP contribution in [0, 0.1) is 5.82 Å². The quantitative estimate of drug-likeness (QED) is 0.525. The van der Waals surface area contributed by atoms with E-state index in [0.29, 0.717) is 12.8 Å². The maximum absolute atomic E-state index is 13.6. The van der Waals surface area contributed by atoms with E-state index in [1.807, 2.05) is 38.1 Å². The molecule has 2 atom stereocenters. The molecule has 0 bridgehead atoms. The van der Waals surface area contributed by atoms with Gasteiger partial charge in [0.05, 0.1) is 18.6 Å². The first-order valence-corrected chi connectivity index (χ1v) is 10.8. The molecule has 0 spiro atoms. The van der Waals surface area contributed by atoms with Crippen LogP contribution in [-0.4, -0.2) is 39.1 Å². The van der Waals surface area contributed by atoms with Crippen molar-refractivity contribution in [2.24, 2.45) is 0 Å². The number of aliphatic hydroxyl groups excluding tert-OH is 2. The number of aliphatic hydroxyl groups is 2. The zero-order valence-corrected chi connectivity index (χ0v) is 18.3. The molecule has 0 saturated heterocycles. The number of halogens is 1. The highest BCUT2D eigenvalue weighted by Crippen LogP contribution is 2.47. The largest absolute Gasteiger partial charge is 0.482 e. The van der Waals surface area contributed by atoms with Gasteiger partial charge in [-0.05, 0) is 42.2 Å². The lowest BCUT2D eigenvalue weighted by Gasteiger charge is -2.40. The summed E-state index contributed by atoms with van der Waals surface area (Å²) in [6, 6.07) is 14.0. The number of carboxylic acid groups (broad SMARTS) is 1. The first kappa shape index (κ1) is 23.7. The van der Waals surface area contributed by atoms with Crippen molar-refractivity contribution in [2.75, 3.05) is 0 Å². The van der Waals surface area contributed by atoms with Crippen molar-refractivity contribution in [2.45, 2.75) is 57.3 Å². The minimum absolute atomic E-state index is 0.0926. The standard InChI is InChI=1S/C26H29FO5/c1-3-26(4-2)22(14-13-19(28)15-20(29)16-24(30)31)25(17-9-11-18(27)12-10-17)21-7-5-6-8-23(21)32-26/h5-14,19-20,28-29H,3-4,15-16H2,1-2H3,(H,30,31)/t19-,20?/m1/s1. The van der Waals surface area contributed by atoms with Gasteiger partial charge in [0, 0.05) is 17.6 Å². The SMILES string of the molecule is CCC1(CC)Oc2ccccc2C(c2ccc(F)cc2)=C1C=C[C@@H](O)CC(O)CC(=O)O. The Morgan fingerprint density at radius 1 is 1.09 bits per heavy atom. The molecule has 5 nitrogen and oxygen atoms in total. The molecule has 1 heterocycles. The molecule has 0 fully saturated rings. The van der Waals surface area contributed by atoms with E-state index in [-0.39, 0.29) is 12.2 Å². The van der Waals surface area contributed by atoms with Crippen LogP contribution in [0.3, 0.4) is 0 Å². The van der Waals surface area contributed by atoms with Gasteiger partial charge < -0.3 is 20.1 Å². The number of aliphatic carboxylic acids is 1. The van der Waals surface area contributed by atoms with Gasteiger partial charge in [-0.25, -0.2) is 4.39 Å². The molecule has 1 aliphatic rings. The molecule has 0 saturated carbocycles. The lowest BCUT2D eigenvalue weighted by molar-refractivity contribution is -0.139. The third-order valence-electron chi connectivity index (χ3n) is 5.91. The molecule has 3 rings (SSSR count). The average Bonchev–Trinajstić information content (AvgIpc) is 2.76. The Morgan fingerprint density at radius 3 is 2.38 bits per heavy atom. The number of ether oxygens (including phenoxy) is 1. The highest BCUT2D eigenvalue weighted by Gasteiger charge is 2.39. The Balaban J connectivity index is 2.12. The summed E-state index contributed by atoms with van der Waals surface area (Å²) in [6.45, 7) is 4.06. The van der Waals surface area contributed by atoms with E-state index in [1.54, 1.807) is 24.3 Å². The van der Waals surface area contributed by atoms with Gasteiger partial charge in [-0.1, -0.05) is 56.3 Å². The third kappa shape index (κ3) is 5.09. The molecule has 32 heavy (non-hydrogen) atoms. The van der Waals surface area contributed by atoms with Crippen molar-refractivity contribution in [3.05, 3.63) is 83.2 Å². The van der Waals surface area contributed by atoms with E-state index < -0.39 is 30.2 Å². The number of para-hydroxylation sites is 1. The van der Waals surface area contributed by atoms with E-state index in [9.17, 15) is 19.4 Å². The number of carboxylic acids is 1. The average molecular weight is 441 g/mol. The maximum Gasteiger partial charge on any atom is 0.305 e. The molecule has 1 aliphatic heterocycles. The van der Waals surface area contributed by atoms with E-state index >= 15 is 0 Å². The Labute approximate surface area is 187 Å². The maximum atomic E-state index is 13.6. The van der Waals surface area contributed by atoms with E-state index in [1.165, 1.54) is 12.1 Å². The number of benzene rings is 2. The van der Waals surface area contributed by atoms with Gasteiger partial charge in [0.15, 0.2) is 0 Å². The first-order valence-electron chi connectivity index (χ1n) is 10.8. The fourth-order valence-electron chi connectivity index (χ4n) is 4.19. The van der Waals surface area contributed by atoms with E-state index in [4.69, 9.17) is 9.84 Å². The third-order valence-corrected chi connectivity index (χ3v) is 5.91. The van der Waals surface area contributed by atoms with Crippen LogP contribution < -0.4 is 4.74 Å². The molecule has 0 aliphatic carbocycles.